The highest BCUT2D eigenvalue weighted by Crippen LogP contribution is 2.17. The van der Waals surface area contributed by atoms with Gasteiger partial charge in [0.15, 0.2) is 5.76 Å². The van der Waals surface area contributed by atoms with Crippen LogP contribution in [-0.2, 0) is 6.42 Å². The Bertz CT molecular complexity index is 665. The van der Waals surface area contributed by atoms with E-state index in [2.05, 4.69) is 42.2 Å². The van der Waals surface area contributed by atoms with Crippen LogP contribution in [0.1, 0.15) is 35.0 Å². The molecule has 1 unspecified atom stereocenters. The van der Waals surface area contributed by atoms with E-state index in [1.165, 1.54) is 5.56 Å². The first-order valence-corrected chi connectivity index (χ1v) is 8.76. The van der Waals surface area contributed by atoms with Crippen LogP contribution in [0, 0.1) is 6.92 Å². The molecule has 1 aromatic carbocycles. The molecule has 0 spiro atoms. The van der Waals surface area contributed by atoms with E-state index in [0.717, 1.165) is 44.6 Å². The van der Waals surface area contributed by atoms with Gasteiger partial charge >= 0.3 is 0 Å². The van der Waals surface area contributed by atoms with Crippen molar-refractivity contribution in [3.05, 3.63) is 59.5 Å². The van der Waals surface area contributed by atoms with Crippen LogP contribution >= 0.6 is 0 Å². The number of carbonyl (C=O) groups is 1. The standard InChI is InChI=1S/C20H26N2O2/c1-16-10-14-24-19(16)20(23)22-13-12-21(15-17(22)2)11-6-9-18-7-4-3-5-8-18/h3-5,7-8,10,14,17H,6,9,11-13,15H2,1-2H3. The van der Waals surface area contributed by atoms with Gasteiger partial charge in [0.1, 0.15) is 0 Å². The van der Waals surface area contributed by atoms with Crippen molar-refractivity contribution in [2.24, 2.45) is 0 Å². The van der Waals surface area contributed by atoms with Crippen molar-refractivity contribution in [3.8, 4) is 0 Å². The van der Waals surface area contributed by atoms with Crippen LogP contribution in [0.25, 0.3) is 0 Å². The monoisotopic (exact) mass is 326 g/mol. The molecule has 1 saturated heterocycles. The van der Waals surface area contributed by atoms with Gasteiger partial charge in [-0.25, -0.2) is 0 Å². The van der Waals surface area contributed by atoms with Crippen LogP contribution in [0.3, 0.4) is 0 Å². The number of amides is 1. The summed E-state index contributed by atoms with van der Waals surface area (Å²) in [6.45, 7) is 7.76. The summed E-state index contributed by atoms with van der Waals surface area (Å²) in [7, 11) is 0. The van der Waals surface area contributed by atoms with Gasteiger partial charge in [0.25, 0.3) is 5.91 Å². The van der Waals surface area contributed by atoms with Gasteiger partial charge in [-0.05, 0) is 44.9 Å². The molecule has 128 valence electrons. The molecule has 1 amide bonds. The average molecular weight is 326 g/mol. The highest BCUT2D eigenvalue weighted by molar-refractivity contribution is 5.93. The Morgan fingerprint density at radius 2 is 2.00 bits per heavy atom. The summed E-state index contributed by atoms with van der Waals surface area (Å²) in [6, 6.07) is 12.7. The molecule has 1 atom stereocenters. The average Bonchev–Trinajstić information content (AvgIpc) is 3.01. The summed E-state index contributed by atoms with van der Waals surface area (Å²) in [5.74, 6) is 0.508. The third kappa shape index (κ3) is 3.88. The molecule has 4 nitrogen and oxygen atoms in total. The maximum absolute atomic E-state index is 12.6. The minimum absolute atomic E-state index is 0.0222. The lowest BCUT2D eigenvalue weighted by Gasteiger charge is -2.39. The SMILES string of the molecule is Cc1ccoc1C(=O)N1CCN(CCCc2ccccc2)CC1C. The zero-order chi connectivity index (χ0) is 16.9. The van der Waals surface area contributed by atoms with Gasteiger partial charge in [-0.2, -0.15) is 0 Å². The van der Waals surface area contributed by atoms with Gasteiger partial charge in [-0.15, -0.1) is 0 Å². The first-order chi connectivity index (χ1) is 11.6. The summed E-state index contributed by atoms with van der Waals surface area (Å²) in [4.78, 5) is 17.0. The lowest BCUT2D eigenvalue weighted by atomic mass is 10.1. The molecular formula is C20H26N2O2. The van der Waals surface area contributed by atoms with Gasteiger partial charge in [-0.1, -0.05) is 30.3 Å². The van der Waals surface area contributed by atoms with Gasteiger partial charge < -0.3 is 9.32 Å². The van der Waals surface area contributed by atoms with Crippen molar-refractivity contribution in [1.82, 2.24) is 9.80 Å². The highest BCUT2D eigenvalue weighted by atomic mass is 16.3. The number of hydrogen-bond acceptors (Lipinski definition) is 3. The van der Waals surface area contributed by atoms with E-state index in [4.69, 9.17) is 4.42 Å². The summed E-state index contributed by atoms with van der Waals surface area (Å²) in [5, 5.41) is 0. The maximum Gasteiger partial charge on any atom is 0.290 e. The predicted molar refractivity (Wildman–Crippen MR) is 95.1 cm³/mol. The van der Waals surface area contributed by atoms with Crippen molar-refractivity contribution >= 4 is 5.91 Å². The van der Waals surface area contributed by atoms with Crippen molar-refractivity contribution in [2.45, 2.75) is 32.7 Å². The zero-order valence-electron chi connectivity index (χ0n) is 14.6. The van der Waals surface area contributed by atoms with Gasteiger partial charge in [0.05, 0.1) is 6.26 Å². The molecule has 1 fully saturated rings. The molecule has 2 heterocycles. The number of furan rings is 1. The van der Waals surface area contributed by atoms with E-state index < -0.39 is 0 Å². The molecule has 1 aliphatic heterocycles. The van der Waals surface area contributed by atoms with E-state index in [-0.39, 0.29) is 11.9 Å². The quantitative estimate of drug-likeness (QED) is 0.845. The lowest BCUT2D eigenvalue weighted by molar-refractivity contribution is 0.0458. The van der Waals surface area contributed by atoms with Crippen LogP contribution in [0.15, 0.2) is 47.1 Å². The second-order valence-corrected chi connectivity index (χ2v) is 6.67. The molecular weight excluding hydrogens is 300 g/mol. The lowest BCUT2D eigenvalue weighted by Crippen LogP contribution is -2.54. The van der Waals surface area contributed by atoms with Gasteiger partial charge in [0.2, 0.25) is 0 Å². The Kier molecular flexibility index (Phi) is 5.36. The molecule has 3 rings (SSSR count). The van der Waals surface area contributed by atoms with Crippen molar-refractivity contribution < 1.29 is 9.21 Å². The molecule has 1 aliphatic rings. The smallest absolute Gasteiger partial charge is 0.290 e. The molecule has 2 aromatic rings. The van der Waals surface area contributed by atoms with Crippen LogP contribution in [0.4, 0.5) is 0 Å². The summed E-state index contributed by atoms with van der Waals surface area (Å²) < 4.78 is 5.36. The highest BCUT2D eigenvalue weighted by Gasteiger charge is 2.29. The van der Waals surface area contributed by atoms with E-state index in [1.54, 1.807) is 6.26 Å². The van der Waals surface area contributed by atoms with E-state index in [9.17, 15) is 4.79 Å². The number of rotatable bonds is 5. The van der Waals surface area contributed by atoms with Crippen molar-refractivity contribution in [1.29, 1.82) is 0 Å². The molecule has 0 bridgehead atoms. The number of carbonyl (C=O) groups excluding carboxylic acids is 1. The number of benzene rings is 1. The fourth-order valence-electron chi connectivity index (χ4n) is 3.41. The first-order valence-electron chi connectivity index (χ1n) is 8.76. The fraction of sp³-hybridized carbons (Fsp3) is 0.450. The van der Waals surface area contributed by atoms with Crippen molar-refractivity contribution in [3.63, 3.8) is 0 Å². The van der Waals surface area contributed by atoms with E-state index in [0.29, 0.717) is 5.76 Å². The predicted octanol–water partition coefficient (Wildman–Crippen LogP) is 3.37. The largest absolute Gasteiger partial charge is 0.459 e. The summed E-state index contributed by atoms with van der Waals surface area (Å²) in [5.41, 5.74) is 2.31. The molecule has 0 radical (unpaired) electrons. The van der Waals surface area contributed by atoms with Crippen LogP contribution in [0.2, 0.25) is 0 Å². The molecule has 0 N–H and O–H groups in total. The Morgan fingerprint density at radius 1 is 1.21 bits per heavy atom. The Hall–Kier alpha value is -2.07. The van der Waals surface area contributed by atoms with E-state index in [1.807, 2.05) is 17.9 Å². The van der Waals surface area contributed by atoms with Crippen LogP contribution < -0.4 is 0 Å². The second kappa shape index (κ2) is 7.67. The summed E-state index contributed by atoms with van der Waals surface area (Å²) in [6.07, 6.45) is 3.86. The van der Waals surface area contributed by atoms with Crippen LogP contribution in [-0.4, -0.2) is 47.9 Å². The Labute approximate surface area is 144 Å². The normalized spacial score (nSPS) is 18.8. The number of nitrogens with zero attached hydrogens (tertiary/aromatic N) is 2. The molecule has 4 heteroatoms. The topological polar surface area (TPSA) is 36.7 Å². The maximum atomic E-state index is 12.6. The molecule has 1 aromatic heterocycles. The third-order valence-corrected chi connectivity index (χ3v) is 4.81. The minimum Gasteiger partial charge on any atom is -0.459 e. The molecule has 0 saturated carbocycles. The Morgan fingerprint density at radius 3 is 2.67 bits per heavy atom. The number of aryl methyl sites for hydroxylation is 2. The Balaban J connectivity index is 1.48. The fourth-order valence-corrected chi connectivity index (χ4v) is 3.41. The molecule has 0 aliphatic carbocycles. The minimum atomic E-state index is 0.0222. The first kappa shape index (κ1) is 16.8. The number of hydrogen-bond donors (Lipinski definition) is 0. The molecule has 24 heavy (non-hydrogen) atoms. The van der Waals surface area contributed by atoms with Gasteiger partial charge in [-0.3, -0.25) is 9.69 Å². The summed E-state index contributed by atoms with van der Waals surface area (Å²) >= 11 is 0. The third-order valence-electron chi connectivity index (χ3n) is 4.81. The van der Waals surface area contributed by atoms with Gasteiger partial charge in [0, 0.05) is 31.2 Å². The zero-order valence-corrected chi connectivity index (χ0v) is 14.6. The second-order valence-electron chi connectivity index (χ2n) is 6.67. The van der Waals surface area contributed by atoms with Crippen molar-refractivity contribution in [2.75, 3.05) is 26.2 Å². The van der Waals surface area contributed by atoms with E-state index >= 15 is 0 Å². The van der Waals surface area contributed by atoms with Crippen LogP contribution in [0.5, 0.6) is 0 Å². The number of piperazine rings is 1.